The second-order valence-electron chi connectivity index (χ2n) is 4.46. The summed E-state index contributed by atoms with van der Waals surface area (Å²) in [4.78, 5) is 2.05. The van der Waals surface area contributed by atoms with Crippen molar-refractivity contribution in [2.75, 3.05) is 18.8 Å². The minimum Gasteiger partial charge on any atom is -0.305 e. The SMILES string of the molecule is CN(C)Cc1ccc(NS(=O)(=O)c2ccn[nH]2)cc1. The normalized spacial score (nSPS) is 11.7. The van der Waals surface area contributed by atoms with Crippen molar-refractivity contribution in [3.8, 4) is 0 Å². The number of nitrogens with zero attached hydrogens (tertiary/aromatic N) is 2. The molecule has 6 nitrogen and oxygen atoms in total. The number of H-pyrrole nitrogens is 1. The molecule has 0 saturated carbocycles. The van der Waals surface area contributed by atoms with Crippen molar-refractivity contribution < 1.29 is 8.42 Å². The molecular formula is C12H16N4O2S. The Bertz CT molecular complexity index is 618. The summed E-state index contributed by atoms with van der Waals surface area (Å²) in [6, 6.07) is 8.68. The van der Waals surface area contributed by atoms with Crippen molar-refractivity contribution in [1.29, 1.82) is 0 Å². The van der Waals surface area contributed by atoms with E-state index >= 15 is 0 Å². The Morgan fingerprint density at radius 3 is 2.42 bits per heavy atom. The van der Waals surface area contributed by atoms with Gasteiger partial charge in [-0.05, 0) is 37.9 Å². The van der Waals surface area contributed by atoms with Crippen LogP contribution in [0.3, 0.4) is 0 Å². The maximum absolute atomic E-state index is 11.9. The molecule has 0 aliphatic carbocycles. The highest BCUT2D eigenvalue weighted by Crippen LogP contribution is 2.15. The second kappa shape index (κ2) is 5.41. The van der Waals surface area contributed by atoms with Gasteiger partial charge in [0.05, 0.1) is 6.20 Å². The van der Waals surface area contributed by atoms with Gasteiger partial charge in [0.2, 0.25) is 0 Å². The van der Waals surface area contributed by atoms with E-state index in [1.54, 1.807) is 12.1 Å². The summed E-state index contributed by atoms with van der Waals surface area (Å²) in [6.45, 7) is 0.813. The lowest BCUT2D eigenvalue weighted by Crippen LogP contribution is -2.14. The number of aromatic amines is 1. The summed E-state index contributed by atoms with van der Waals surface area (Å²) in [5.41, 5.74) is 1.64. The molecule has 2 rings (SSSR count). The summed E-state index contributed by atoms with van der Waals surface area (Å²) in [6.07, 6.45) is 1.40. The number of hydrogen-bond donors (Lipinski definition) is 2. The summed E-state index contributed by atoms with van der Waals surface area (Å²) in [5, 5.41) is 6.10. The van der Waals surface area contributed by atoms with Crippen LogP contribution in [0.1, 0.15) is 5.56 Å². The first-order chi connectivity index (χ1) is 8.97. The average molecular weight is 280 g/mol. The third-order valence-electron chi connectivity index (χ3n) is 2.47. The number of nitrogens with one attached hydrogen (secondary N) is 2. The number of rotatable bonds is 5. The Hall–Kier alpha value is -1.86. The summed E-state index contributed by atoms with van der Waals surface area (Å²) < 4.78 is 26.4. The van der Waals surface area contributed by atoms with Crippen molar-refractivity contribution in [2.45, 2.75) is 11.6 Å². The zero-order valence-corrected chi connectivity index (χ0v) is 11.6. The molecule has 1 aromatic carbocycles. The number of aromatic nitrogens is 2. The molecule has 0 fully saturated rings. The van der Waals surface area contributed by atoms with Gasteiger partial charge in [0.1, 0.15) is 0 Å². The first-order valence-electron chi connectivity index (χ1n) is 5.73. The molecule has 0 aliphatic rings. The van der Waals surface area contributed by atoms with Crippen LogP contribution in [-0.2, 0) is 16.6 Å². The van der Waals surface area contributed by atoms with Gasteiger partial charge in [-0.15, -0.1) is 0 Å². The standard InChI is InChI=1S/C12H16N4O2S/c1-16(2)9-10-3-5-11(6-4-10)15-19(17,18)12-7-8-13-14-12/h3-8,15H,9H2,1-2H3,(H,13,14). The van der Waals surface area contributed by atoms with Crippen LogP contribution in [0.2, 0.25) is 0 Å². The van der Waals surface area contributed by atoms with Crippen molar-refractivity contribution in [3.63, 3.8) is 0 Å². The average Bonchev–Trinajstić information content (AvgIpc) is 2.85. The van der Waals surface area contributed by atoms with Gasteiger partial charge in [-0.1, -0.05) is 12.1 Å². The fraction of sp³-hybridized carbons (Fsp3) is 0.250. The topological polar surface area (TPSA) is 78.1 Å². The van der Waals surface area contributed by atoms with Crippen LogP contribution in [0.4, 0.5) is 5.69 Å². The van der Waals surface area contributed by atoms with Crippen molar-refractivity contribution in [2.24, 2.45) is 0 Å². The van der Waals surface area contributed by atoms with Gasteiger partial charge in [0, 0.05) is 12.2 Å². The lowest BCUT2D eigenvalue weighted by Gasteiger charge is -2.10. The molecule has 19 heavy (non-hydrogen) atoms. The number of benzene rings is 1. The van der Waals surface area contributed by atoms with Gasteiger partial charge >= 0.3 is 0 Å². The van der Waals surface area contributed by atoms with Gasteiger partial charge in [-0.3, -0.25) is 9.82 Å². The van der Waals surface area contributed by atoms with Crippen LogP contribution < -0.4 is 4.72 Å². The van der Waals surface area contributed by atoms with E-state index in [9.17, 15) is 8.42 Å². The summed E-state index contributed by atoms with van der Waals surface area (Å²) >= 11 is 0. The van der Waals surface area contributed by atoms with Crippen molar-refractivity contribution >= 4 is 15.7 Å². The second-order valence-corrected chi connectivity index (χ2v) is 6.11. The Balaban J connectivity index is 2.12. The van der Waals surface area contributed by atoms with E-state index in [0.717, 1.165) is 12.1 Å². The minimum atomic E-state index is -3.58. The van der Waals surface area contributed by atoms with E-state index in [2.05, 4.69) is 14.9 Å². The third-order valence-corrected chi connectivity index (χ3v) is 3.78. The van der Waals surface area contributed by atoms with E-state index in [1.165, 1.54) is 12.3 Å². The lowest BCUT2D eigenvalue weighted by molar-refractivity contribution is 0.402. The van der Waals surface area contributed by atoms with E-state index in [4.69, 9.17) is 0 Å². The Morgan fingerprint density at radius 2 is 1.89 bits per heavy atom. The predicted molar refractivity (Wildman–Crippen MR) is 73.2 cm³/mol. The monoisotopic (exact) mass is 280 g/mol. The molecule has 0 spiro atoms. The molecule has 0 radical (unpaired) electrons. The van der Waals surface area contributed by atoms with Crippen molar-refractivity contribution in [1.82, 2.24) is 15.1 Å². The molecule has 0 bridgehead atoms. The van der Waals surface area contributed by atoms with Gasteiger partial charge in [0.25, 0.3) is 10.0 Å². The fourth-order valence-corrected chi connectivity index (χ4v) is 2.62. The van der Waals surface area contributed by atoms with Crippen LogP contribution in [-0.4, -0.2) is 37.6 Å². The largest absolute Gasteiger partial charge is 0.305 e. The summed E-state index contributed by atoms with van der Waals surface area (Å²) in [7, 11) is 0.378. The van der Waals surface area contributed by atoms with Crippen LogP contribution in [0.25, 0.3) is 0 Å². The zero-order chi connectivity index (χ0) is 13.9. The van der Waals surface area contributed by atoms with E-state index < -0.39 is 10.0 Å². The summed E-state index contributed by atoms with van der Waals surface area (Å²) in [5.74, 6) is 0. The van der Waals surface area contributed by atoms with Crippen LogP contribution in [0, 0.1) is 0 Å². The molecule has 0 atom stereocenters. The Morgan fingerprint density at radius 1 is 1.21 bits per heavy atom. The quantitative estimate of drug-likeness (QED) is 0.864. The minimum absolute atomic E-state index is 0.0462. The number of anilines is 1. The molecule has 1 aromatic heterocycles. The molecule has 102 valence electrons. The smallest absolute Gasteiger partial charge is 0.278 e. The van der Waals surface area contributed by atoms with E-state index in [-0.39, 0.29) is 5.03 Å². The molecule has 0 unspecified atom stereocenters. The molecule has 2 aromatic rings. The highest BCUT2D eigenvalue weighted by Gasteiger charge is 2.15. The van der Waals surface area contributed by atoms with Gasteiger partial charge in [-0.25, -0.2) is 0 Å². The zero-order valence-electron chi connectivity index (χ0n) is 10.8. The molecule has 7 heteroatoms. The van der Waals surface area contributed by atoms with Crippen molar-refractivity contribution in [3.05, 3.63) is 42.1 Å². The van der Waals surface area contributed by atoms with Crippen LogP contribution >= 0.6 is 0 Å². The van der Waals surface area contributed by atoms with Gasteiger partial charge in [0.15, 0.2) is 5.03 Å². The van der Waals surface area contributed by atoms with E-state index in [0.29, 0.717) is 5.69 Å². The first-order valence-corrected chi connectivity index (χ1v) is 7.21. The third kappa shape index (κ3) is 3.55. The van der Waals surface area contributed by atoms with E-state index in [1.807, 2.05) is 31.1 Å². The number of hydrogen-bond acceptors (Lipinski definition) is 4. The molecule has 0 aliphatic heterocycles. The molecule has 0 saturated heterocycles. The van der Waals surface area contributed by atoms with Gasteiger partial charge in [-0.2, -0.15) is 13.5 Å². The highest BCUT2D eigenvalue weighted by atomic mass is 32.2. The van der Waals surface area contributed by atoms with Gasteiger partial charge < -0.3 is 4.90 Å². The molecule has 0 amide bonds. The number of sulfonamides is 1. The Kier molecular flexibility index (Phi) is 3.87. The first kappa shape index (κ1) is 13.6. The Labute approximate surface area is 112 Å². The fourth-order valence-electron chi connectivity index (χ4n) is 1.65. The maximum Gasteiger partial charge on any atom is 0.278 e. The lowest BCUT2D eigenvalue weighted by atomic mass is 10.2. The maximum atomic E-state index is 11.9. The van der Waals surface area contributed by atoms with Crippen LogP contribution in [0.15, 0.2) is 41.6 Å². The molecule has 1 heterocycles. The molecule has 2 N–H and O–H groups in total. The highest BCUT2D eigenvalue weighted by molar-refractivity contribution is 7.92. The predicted octanol–water partition coefficient (Wildman–Crippen LogP) is 1.27. The molecular weight excluding hydrogens is 264 g/mol. The van der Waals surface area contributed by atoms with Crippen LogP contribution in [0.5, 0.6) is 0 Å².